The number of benzene rings is 2. The second kappa shape index (κ2) is 7.59. The number of thiazole rings is 1. The van der Waals surface area contributed by atoms with Crippen molar-refractivity contribution >= 4 is 59.7 Å². The maximum absolute atomic E-state index is 12.2. The number of hydrogen-bond acceptors (Lipinski definition) is 7. The standard InChI is InChI=1S/C16H12ClN3O5S2/c17-10-1-4-12(5-2-10)27(24,25)8-7-15(21)19-16-18-13-6-3-11(20(22)23)9-14(13)26-16/h1-6,9H,7-8H2,(H,18,19,21). The third kappa shape index (κ3) is 4.59. The lowest BCUT2D eigenvalue weighted by Crippen LogP contribution is -2.17. The van der Waals surface area contributed by atoms with Gasteiger partial charge < -0.3 is 5.32 Å². The van der Waals surface area contributed by atoms with E-state index in [-0.39, 0.29) is 27.9 Å². The summed E-state index contributed by atoms with van der Waals surface area (Å²) in [6, 6.07) is 9.89. The topological polar surface area (TPSA) is 119 Å². The summed E-state index contributed by atoms with van der Waals surface area (Å²) in [6.07, 6.45) is -0.249. The number of carbonyl (C=O) groups is 1. The molecule has 0 aliphatic heterocycles. The van der Waals surface area contributed by atoms with Gasteiger partial charge in [-0.25, -0.2) is 13.4 Å². The summed E-state index contributed by atoms with van der Waals surface area (Å²) in [5, 5.41) is 14.0. The molecule has 27 heavy (non-hydrogen) atoms. The number of non-ortho nitro benzene ring substituents is 1. The van der Waals surface area contributed by atoms with Crippen LogP contribution in [0.25, 0.3) is 10.2 Å². The Morgan fingerprint density at radius 1 is 1.22 bits per heavy atom. The van der Waals surface area contributed by atoms with Crippen molar-refractivity contribution in [1.82, 2.24) is 4.98 Å². The lowest BCUT2D eigenvalue weighted by atomic mass is 10.3. The molecule has 0 fully saturated rings. The summed E-state index contributed by atoms with van der Waals surface area (Å²) < 4.78 is 25.0. The van der Waals surface area contributed by atoms with Crippen LogP contribution in [0.15, 0.2) is 47.4 Å². The number of halogens is 1. The molecule has 1 amide bonds. The van der Waals surface area contributed by atoms with Crippen LogP contribution in [0.4, 0.5) is 10.8 Å². The van der Waals surface area contributed by atoms with E-state index in [1.165, 1.54) is 42.5 Å². The van der Waals surface area contributed by atoms with Crippen molar-refractivity contribution in [3.05, 3.63) is 57.6 Å². The third-order valence-electron chi connectivity index (χ3n) is 3.60. The van der Waals surface area contributed by atoms with Crippen molar-refractivity contribution < 1.29 is 18.1 Å². The van der Waals surface area contributed by atoms with Crippen molar-refractivity contribution in [1.29, 1.82) is 0 Å². The Morgan fingerprint density at radius 3 is 2.59 bits per heavy atom. The number of nitrogens with one attached hydrogen (secondary N) is 1. The van der Waals surface area contributed by atoms with Crippen LogP contribution >= 0.6 is 22.9 Å². The predicted octanol–water partition coefficient (Wildman–Crippen LogP) is 3.66. The summed E-state index contributed by atoms with van der Waals surface area (Å²) in [5.74, 6) is -0.877. The number of nitro benzene ring substituents is 1. The van der Waals surface area contributed by atoms with Crippen LogP contribution in [-0.4, -0.2) is 30.0 Å². The fourth-order valence-electron chi connectivity index (χ4n) is 2.25. The smallest absolute Gasteiger partial charge is 0.270 e. The molecular formula is C16H12ClN3O5S2. The number of anilines is 1. The largest absolute Gasteiger partial charge is 0.302 e. The van der Waals surface area contributed by atoms with Crippen molar-refractivity contribution in [2.45, 2.75) is 11.3 Å². The highest BCUT2D eigenvalue weighted by molar-refractivity contribution is 7.91. The summed E-state index contributed by atoms with van der Waals surface area (Å²) in [7, 11) is -3.62. The molecule has 140 valence electrons. The Balaban J connectivity index is 1.66. The van der Waals surface area contributed by atoms with Gasteiger partial charge in [0.2, 0.25) is 5.91 Å². The van der Waals surface area contributed by atoms with Gasteiger partial charge in [0.25, 0.3) is 5.69 Å². The van der Waals surface area contributed by atoms with Gasteiger partial charge in [-0.2, -0.15) is 0 Å². The SMILES string of the molecule is O=C(CCS(=O)(=O)c1ccc(Cl)cc1)Nc1nc2ccc([N+](=O)[O-])cc2s1. The summed E-state index contributed by atoms with van der Waals surface area (Å²) in [5.41, 5.74) is 0.438. The maximum atomic E-state index is 12.2. The number of carbonyl (C=O) groups excluding carboxylic acids is 1. The minimum Gasteiger partial charge on any atom is -0.302 e. The zero-order valence-electron chi connectivity index (χ0n) is 13.6. The van der Waals surface area contributed by atoms with Crippen LogP contribution in [0.2, 0.25) is 5.02 Å². The Hall–Kier alpha value is -2.56. The monoisotopic (exact) mass is 425 g/mol. The van der Waals surface area contributed by atoms with Crippen molar-refractivity contribution in [3.63, 3.8) is 0 Å². The number of fused-ring (bicyclic) bond motifs is 1. The van der Waals surface area contributed by atoms with Crippen molar-refractivity contribution in [3.8, 4) is 0 Å². The molecule has 0 spiro atoms. The third-order valence-corrected chi connectivity index (χ3v) is 6.52. The van der Waals surface area contributed by atoms with Gasteiger partial charge in [0, 0.05) is 23.6 Å². The Bertz CT molecular complexity index is 1130. The van der Waals surface area contributed by atoms with E-state index >= 15 is 0 Å². The summed E-state index contributed by atoms with van der Waals surface area (Å²) in [4.78, 5) is 26.6. The molecule has 0 saturated heterocycles. The minimum absolute atomic E-state index is 0.0712. The number of nitro groups is 1. The first-order chi connectivity index (χ1) is 12.7. The number of amides is 1. The zero-order chi connectivity index (χ0) is 19.6. The fraction of sp³-hybridized carbons (Fsp3) is 0.125. The van der Waals surface area contributed by atoms with Gasteiger partial charge in [-0.05, 0) is 30.3 Å². The number of rotatable bonds is 6. The first-order valence-electron chi connectivity index (χ1n) is 7.58. The Labute approximate surface area is 162 Å². The van der Waals surface area contributed by atoms with Gasteiger partial charge >= 0.3 is 0 Å². The first-order valence-corrected chi connectivity index (χ1v) is 10.4. The molecule has 3 rings (SSSR count). The highest BCUT2D eigenvalue weighted by Crippen LogP contribution is 2.29. The molecule has 8 nitrogen and oxygen atoms in total. The fourth-order valence-corrected chi connectivity index (χ4v) is 4.53. The quantitative estimate of drug-likeness (QED) is 0.475. The Morgan fingerprint density at radius 2 is 1.93 bits per heavy atom. The van der Waals surface area contributed by atoms with Crippen molar-refractivity contribution in [2.24, 2.45) is 0 Å². The van der Waals surface area contributed by atoms with Crippen LogP contribution in [0.1, 0.15) is 6.42 Å². The molecule has 3 aromatic rings. The van der Waals surface area contributed by atoms with Gasteiger partial charge in [0.05, 0.1) is 25.8 Å². The summed E-state index contributed by atoms with van der Waals surface area (Å²) in [6.45, 7) is 0. The van der Waals surface area contributed by atoms with Gasteiger partial charge in [0.15, 0.2) is 15.0 Å². The zero-order valence-corrected chi connectivity index (χ0v) is 16.0. The van der Waals surface area contributed by atoms with E-state index in [1.54, 1.807) is 0 Å². The molecule has 0 radical (unpaired) electrons. The molecule has 0 unspecified atom stereocenters. The van der Waals surface area contributed by atoms with E-state index in [9.17, 15) is 23.3 Å². The second-order valence-corrected chi connectivity index (χ2v) is 9.08. The number of nitrogens with zero attached hydrogens (tertiary/aromatic N) is 2. The minimum atomic E-state index is -3.62. The van der Waals surface area contributed by atoms with E-state index in [1.807, 2.05) is 0 Å². The van der Waals surface area contributed by atoms with E-state index in [4.69, 9.17) is 11.6 Å². The molecule has 1 N–H and O–H groups in total. The van der Waals surface area contributed by atoms with E-state index in [2.05, 4.69) is 10.3 Å². The molecule has 0 bridgehead atoms. The van der Waals surface area contributed by atoms with Crippen molar-refractivity contribution in [2.75, 3.05) is 11.1 Å². The van der Waals surface area contributed by atoms with Crippen LogP contribution < -0.4 is 5.32 Å². The molecule has 1 aromatic heterocycles. The normalized spacial score (nSPS) is 11.4. The molecule has 0 saturated carbocycles. The highest BCUT2D eigenvalue weighted by atomic mass is 35.5. The molecule has 1 heterocycles. The number of sulfone groups is 1. The van der Waals surface area contributed by atoms with Gasteiger partial charge in [-0.1, -0.05) is 22.9 Å². The molecule has 0 atom stereocenters. The second-order valence-electron chi connectivity index (χ2n) is 5.50. The highest BCUT2D eigenvalue weighted by Gasteiger charge is 2.17. The molecule has 2 aromatic carbocycles. The molecule has 11 heteroatoms. The molecule has 0 aliphatic carbocycles. The molecular weight excluding hydrogens is 414 g/mol. The lowest BCUT2D eigenvalue weighted by molar-refractivity contribution is -0.384. The molecule has 0 aliphatic rings. The maximum Gasteiger partial charge on any atom is 0.270 e. The predicted molar refractivity (Wildman–Crippen MR) is 103 cm³/mol. The van der Waals surface area contributed by atoms with E-state index in [0.29, 0.717) is 15.2 Å². The van der Waals surface area contributed by atoms with Gasteiger partial charge in [-0.15, -0.1) is 0 Å². The Kier molecular flexibility index (Phi) is 5.40. The van der Waals surface area contributed by atoms with E-state index < -0.39 is 20.7 Å². The first kappa shape index (κ1) is 19.2. The van der Waals surface area contributed by atoms with Crippen LogP contribution in [0.5, 0.6) is 0 Å². The van der Waals surface area contributed by atoms with E-state index in [0.717, 1.165) is 11.3 Å². The summed E-state index contributed by atoms with van der Waals surface area (Å²) >= 11 is 6.81. The average molecular weight is 426 g/mol. The lowest BCUT2D eigenvalue weighted by Gasteiger charge is -2.04. The van der Waals surface area contributed by atoms with Gasteiger partial charge in [-0.3, -0.25) is 14.9 Å². The van der Waals surface area contributed by atoms with Crippen LogP contribution in [0, 0.1) is 10.1 Å². The number of aromatic nitrogens is 1. The van der Waals surface area contributed by atoms with Crippen LogP contribution in [-0.2, 0) is 14.6 Å². The van der Waals surface area contributed by atoms with Gasteiger partial charge in [0.1, 0.15) is 0 Å². The number of hydrogen-bond donors (Lipinski definition) is 1. The average Bonchev–Trinajstić information content (AvgIpc) is 3.01. The van der Waals surface area contributed by atoms with Crippen LogP contribution in [0.3, 0.4) is 0 Å².